The molecule has 1 fully saturated rings. The molecule has 1 aliphatic rings. The molecule has 1 aliphatic heterocycles. The molecule has 1 unspecified atom stereocenters. The van der Waals surface area contributed by atoms with Gasteiger partial charge >= 0.3 is 5.97 Å². The fraction of sp³-hybridized carbons (Fsp3) is 0.375. The van der Waals surface area contributed by atoms with E-state index in [-0.39, 0.29) is 28.4 Å². The minimum atomic E-state index is -3.15. The van der Waals surface area contributed by atoms with Crippen molar-refractivity contribution in [2.75, 3.05) is 24.7 Å². The first kappa shape index (κ1) is 23.7. The zero-order valence-electron chi connectivity index (χ0n) is 18.0. The van der Waals surface area contributed by atoms with Crippen LogP contribution in [0.15, 0.2) is 54.6 Å². The third-order valence-corrected chi connectivity index (χ3v) is 7.23. The van der Waals surface area contributed by atoms with Gasteiger partial charge in [0.15, 0.2) is 22.2 Å². The van der Waals surface area contributed by atoms with Crippen molar-refractivity contribution in [3.63, 3.8) is 0 Å². The average molecular weight is 458 g/mol. The van der Waals surface area contributed by atoms with Crippen LogP contribution in [0.5, 0.6) is 0 Å². The molecule has 32 heavy (non-hydrogen) atoms. The van der Waals surface area contributed by atoms with Crippen molar-refractivity contribution in [3.05, 3.63) is 71.3 Å². The smallest absolute Gasteiger partial charge is 0.339 e. The molecule has 0 spiro atoms. The molecule has 170 valence electrons. The number of esters is 1. The first-order chi connectivity index (χ1) is 15.3. The number of hydrogen-bond donors (Lipinski definition) is 0. The number of unbranched alkanes of at least 4 members (excludes halogenated alkanes) is 1. The number of amides is 1. The number of benzene rings is 2. The van der Waals surface area contributed by atoms with Gasteiger partial charge in [-0.2, -0.15) is 0 Å². The minimum absolute atomic E-state index is 0.0579. The van der Waals surface area contributed by atoms with E-state index in [0.717, 1.165) is 12.8 Å². The Morgan fingerprint density at radius 2 is 1.66 bits per heavy atom. The van der Waals surface area contributed by atoms with E-state index in [4.69, 9.17) is 4.74 Å². The summed E-state index contributed by atoms with van der Waals surface area (Å²) in [6, 6.07) is 14.5. The van der Waals surface area contributed by atoms with Gasteiger partial charge in [-0.3, -0.25) is 9.59 Å². The van der Waals surface area contributed by atoms with Gasteiger partial charge in [-0.15, -0.1) is 0 Å². The summed E-state index contributed by atoms with van der Waals surface area (Å²) in [7, 11) is -3.15. The molecule has 2 aromatic carbocycles. The summed E-state index contributed by atoms with van der Waals surface area (Å²) >= 11 is 0. The van der Waals surface area contributed by atoms with E-state index in [0.29, 0.717) is 18.5 Å². The summed E-state index contributed by atoms with van der Waals surface area (Å²) in [5, 5.41) is 0. The third kappa shape index (κ3) is 5.82. The van der Waals surface area contributed by atoms with E-state index in [1.165, 1.54) is 11.0 Å². The Balaban J connectivity index is 1.70. The SMILES string of the molecule is CCCCN(C(=O)COC(=O)c1ccccc1C(=O)c1ccccc1)C1CCS(=O)(=O)C1. The van der Waals surface area contributed by atoms with Crippen LogP contribution in [-0.2, 0) is 19.4 Å². The molecule has 1 heterocycles. The van der Waals surface area contributed by atoms with E-state index in [2.05, 4.69) is 0 Å². The van der Waals surface area contributed by atoms with Crippen LogP contribution >= 0.6 is 0 Å². The fourth-order valence-electron chi connectivity index (χ4n) is 3.75. The molecule has 0 saturated carbocycles. The van der Waals surface area contributed by atoms with Gasteiger partial charge in [-0.25, -0.2) is 13.2 Å². The van der Waals surface area contributed by atoms with Gasteiger partial charge in [0, 0.05) is 23.7 Å². The lowest BCUT2D eigenvalue weighted by Gasteiger charge is -2.28. The predicted molar refractivity (Wildman–Crippen MR) is 120 cm³/mol. The van der Waals surface area contributed by atoms with Crippen molar-refractivity contribution in [3.8, 4) is 0 Å². The lowest BCUT2D eigenvalue weighted by atomic mass is 9.98. The van der Waals surface area contributed by atoms with Crippen LogP contribution in [0, 0.1) is 0 Å². The topological polar surface area (TPSA) is 97.8 Å². The second-order valence-electron chi connectivity index (χ2n) is 7.81. The summed E-state index contributed by atoms with van der Waals surface area (Å²) in [5.74, 6) is -1.52. The zero-order chi connectivity index (χ0) is 23.1. The minimum Gasteiger partial charge on any atom is -0.452 e. The third-order valence-electron chi connectivity index (χ3n) is 5.48. The Bertz CT molecular complexity index is 1080. The standard InChI is InChI=1S/C24H27NO6S/c1-2-3-14-25(19-13-15-32(29,30)17-19)22(26)16-31-24(28)21-12-8-7-11-20(21)23(27)18-9-5-4-6-10-18/h4-12,19H,2-3,13-17H2,1H3. The van der Waals surface area contributed by atoms with Crippen molar-refractivity contribution < 1.29 is 27.5 Å². The number of ketones is 1. The van der Waals surface area contributed by atoms with Crippen LogP contribution in [0.25, 0.3) is 0 Å². The molecule has 2 aromatic rings. The molecule has 1 atom stereocenters. The molecule has 0 N–H and O–H groups in total. The van der Waals surface area contributed by atoms with Crippen LogP contribution < -0.4 is 0 Å². The van der Waals surface area contributed by atoms with Crippen LogP contribution in [0.4, 0.5) is 0 Å². The van der Waals surface area contributed by atoms with Gasteiger partial charge in [-0.05, 0) is 18.9 Å². The highest BCUT2D eigenvalue weighted by molar-refractivity contribution is 7.91. The van der Waals surface area contributed by atoms with Gasteiger partial charge in [0.25, 0.3) is 5.91 Å². The van der Waals surface area contributed by atoms with Crippen LogP contribution in [0.1, 0.15) is 52.5 Å². The highest BCUT2D eigenvalue weighted by Gasteiger charge is 2.34. The number of ether oxygens (including phenoxy) is 1. The summed E-state index contributed by atoms with van der Waals surface area (Å²) in [5.41, 5.74) is 0.718. The first-order valence-corrected chi connectivity index (χ1v) is 12.5. The summed E-state index contributed by atoms with van der Waals surface area (Å²) in [6.45, 7) is 1.89. The van der Waals surface area contributed by atoms with Crippen molar-refractivity contribution in [2.45, 2.75) is 32.2 Å². The number of nitrogens with zero attached hydrogens (tertiary/aromatic N) is 1. The lowest BCUT2D eigenvalue weighted by Crippen LogP contribution is -2.44. The predicted octanol–water partition coefficient (Wildman–Crippen LogP) is 2.89. The second kappa shape index (κ2) is 10.5. The van der Waals surface area contributed by atoms with E-state index < -0.39 is 34.4 Å². The van der Waals surface area contributed by atoms with E-state index in [9.17, 15) is 22.8 Å². The van der Waals surface area contributed by atoms with Crippen molar-refractivity contribution in [1.82, 2.24) is 4.90 Å². The Kier molecular flexibility index (Phi) is 7.80. The van der Waals surface area contributed by atoms with Gasteiger partial charge in [-0.1, -0.05) is 61.9 Å². The summed E-state index contributed by atoms with van der Waals surface area (Å²) in [6.07, 6.45) is 1.96. The fourth-order valence-corrected chi connectivity index (χ4v) is 5.48. The molecular formula is C24H27NO6S. The van der Waals surface area contributed by atoms with Crippen molar-refractivity contribution in [1.29, 1.82) is 0 Å². The Morgan fingerprint density at radius 3 is 2.28 bits per heavy atom. The highest BCUT2D eigenvalue weighted by Crippen LogP contribution is 2.20. The van der Waals surface area contributed by atoms with Crippen molar-refractivity contribution in [2.24, 2.45) is 0 Å². The zero-order valence-corrected chi connectivity index (χ0v) is 18.8. The molecule has 1 saturated heterocycles. The Hall–Kier alpha value is -3.00. The van der Waals surface area contributed by atoms with E-state index in [1.54, 1.807) is 48.5 Å². The number of hydrogen-bond acceptors (Lipinski definition) is 6. The molecule has 8 heteroatoms. The van der Waals surface area contributed by atoms with Gasteiger partial charge < -0.3 is 9.64 Å². The highest BCUT2D eigenvalue weighted by atomic mass is 32.2. The number of rotatable bonds is 9. The molecule has 7 nitrogen and oxygen atoms in total. The normalized spacial score (nSPS) is 17.0. The molecule has 0 aliphatic carbocycles. The maximum absolute atomic E-state index is 12.8. The molecule has 1 amide bonds. The van der Waals surface area contributed by atoms with Gasteiger partial charge in [0.2, 0.25) is 0 Å². The summed E-state index contributed by atoms with van der Waals surface area (Å²) in [4.78, 5) is 39.9. The van der Waals surface area contributed by atoms with Gasteiger partial charge in [0.05, 0.1) is 17.1 Å². The van der Waals surface area contributed by atoms with Crippen LogP contribution in [-0.4, -0.2) is 61.7 Å². The number of sulfone groups is 1. The molecule has 3 rings (SSSR count). The monoisotopic (exact) mass is 457 g/mol. The largest absolute Gasteiger partial charge is 0.452 e. The maximum atomic E-state index is 12.8. The van der Waals surface area contributed by atoms with Gasteiger partial charge in [0.1, 0.15) is 0 Å². The second-order valence-corrected chi connectivity index (χ2v) is 10.0. The van der Waals surface area contributed by atoms with E-state index in [1.807, 2.05) is 6.92 Å². The average Bonchev–Trinajstić information content (AvgIpc) is 3.17. The molecule has 0 radical (unpaired) electrons. The lowest BCUT2D eigenvalue weighted by molar-refractivity contribution is -0.136. The molecule has 0 aromatic heterocycles. The Labute approximate surface area is 188 Å². The number of carbonyl (C=O) groups is 3. The Morgan fingerprint density at radius 1 is 1.00 bits per heavy atom. The molecule has 0 bridgehead atoms. The summed E-state index contributed by atoms with van der Waals surface area (Å²) < 4.78 is 29.0. The molecular weight excluding hydrogens is 430 g/mol. The van der Waals surface area contributed by atoms with Crippen molar-refractivity contribution >= 4 is 27.5 Å². The maximum Gasteiger partial charge on any atom is 0.339 e. The quantitative estimate of drug-likeness (QED) is 0.424. The van der Waals surface area contributed by atoms with E-state index >= 15 is 0 Å². The number of carbonyl (C=O) groups excluding carboxylic acids is 3. The van der Waals surface area contributed by atoms with Crippen LogP contribution in [0.3, 0.4) is 0 Å². The first-order valence-electron chi connectivity index (χ1n) is 10.7. The van der Waals surface area contributed by atoms with Crippen LogP contribution in [0.2, 0.25) is 0 Å².